The first-order valence-corrected chi connectivity index (χ1v) is 5.53. The predicted octanol–water partition coefficient (Wildman–Crippen LogP) is 1.70. The Hall–Kier alpha value is -0.0800. The summed E-state index contributed by atoms with van der Waals surface area (Å²) in [4.78, 5) is 2.37. The van der Waals surface area contributed by atoms with Gasteiger partial charge in [-0.1, -0.05) is 19.8 Å². The Bertz CT molecular complexity index is 139. The van der Waals surface area contributed by atoms with Crippen molar-refractivity contribution in [3.63, 3.8) is 0 Å². The summed E-state index contributed by atoms with van der Waals surface area (Å²) >= 11 is 0. The van der Waals surface area contributed by atoms with Crippen molar-refractivity contribution in [2.45, 2.75) is 38.6 Å². The van der Waals surface area contributed by atoms with Gasteiger partial charge in [-0.15, -0.1) is 0 Å². The summed E-state index contributed by atoms with van der Waals surface area (Å²) in [5.41, 5.74) is 5.75. The molecule has 0 aliphatic heterocycles. The highest BCUT2D eigenvalue weighted by molar-refractivity contribution is 4.84. The van der Waals surface area contributed by atoms with Crippen LogP contribution in [-0.2, 0) is 0 Å². The van der Waals surface area contributed by atoms with Crippen LogP contribution in [0.3, 0.4) is 0 Å². The van der Waals surface area contributed by atoms with E-state index in [1.165, 1.54) is 25.7 Å². The highest BCUT2D eigenvalue weighted by Crippen LogP contribution is 2.32. The van der Waals surface area contributed by atoms with Crippen molar-refractivity contribution >= 4 is 0 Å². The molecular formula is C11H24N2. The summed E-state index contributed by atoms with van der Waals surface area (Å²) < 4.78 is 0. The fourth-order valence-corrected chi connectivity index (χ4v) is 2.83. The fraction of sp³-hybridized carbons (Fsp3) is 1.00. The third-order valence-corrected chi connectivity index (χ3v) is 3.43. The van der Waals surface area contributed by atoms with E-state index in [1.807, 2.05) is 0 Å². The van der Waals surface area contributed by atoms with Gasteiger partial charge in [0.15, 0.2) is 0 Å². The van der Waals surface area contributed by atoms with Gasteiger partial charge in [0.1, 0.15) is 0 Å². The molecule has 0 amide bonds. The molecule has 1 saturated carbocycles. The van der Waals surface area contributed by atoms with E-state index < -0.39 is 0 Å². The van der Waals surface area contributed by atoms with E-state index >= 15 is 0 Å². The topological polar surface area (TPSA) is 29.3 Å². The van der Waals surface area contributed by atoms with Crippen molar-refractivity contribution in [2.75, 3.05) is 20.6 Å². The Balaban J connectivity index is 2.55. The van der Waals surface area contributed by atoms with Crippen LogP contribution in [0.15, 0.2) is 0 Å². The zero-order valence-corrected chi connectivity index (χ0v) is 9.29. The van der Waals surface area contributed by atoms with Crippen LogP contribution in [-0.4, -0.2) is 31.6 Å². The summed E-state index contributed by atoms with van der Waals surface area (Å²) in [6, 6.07) is 0.701. The zero-order valence-electron chi connectivity index (χ0n) is 9.29. The van der Waals surface area contributed by atoms with E-state index in [0.29, 0.717) is 12.0 Å². The number of hydrogen-bond donors (Lipinski definition) is 1. The van der Waals surface area contributed by atoms with Crippen molar-refractivity contribution in [1.82, 2.24) is 4.90 Å². The van der Waals surface area contributed by atoms with E-state index in [9.17, 15) is 0 Å². The molecule has 13 heavy (non-hydrogen) atoms. The van der Waals surface area contributed by atoms with Gasteiger partial charge >= 0.3 is 0 Å². The van der Waals surface area contributed by atoms with Crippen molar-refractivity contribution in [3.8, 4) is 0 Å². The van der Waals surface area contributed by atoms with Gasteiger partial charge in [-0.25, -0.2) is 0 Å². The average Bonchev–Trinajstić information content (AvgIpc) is 2.56. The van der Waals surface area contributed by atoms with Crippen molar-refractivity contribution in [1.29, 1.82) is 0 Å². The van der Waals surface area contributed by atoms with Crippen LogP contribution in [0.5, 0.6) is 0 Å². The SMILES string of the molecule is CC(CN)C(C1CCCC1)N(C)C. The van der Waals surface area contributed by atoms with E-state index in [-0.39, 0.29) is 0 Å². The van der Waals surface area contributed by atoms with Gasteiger partial charge in [0.25, 0.3) is 0 Å². The largest absolute Gasteiger partial charge is 0.330 e. The predicted molar refractivity (Wildman–Crippen MR) is 57.7 cm³/mol. The maximum absolute atomic E-state index is 5.75. The van der Waals surface area contributed by atoms with Gasteiger partial charge in [-0.05, 0) is 45.3 Å². The Labute approximate surface area is 82.5 Å². The quantitative estimate of drug-likeness (QED) is 0.720. The van der Waals surface area contributed by atoms with Crippen LogP contribution in [0.25, 0.3) is 0 Å². The molecule has 1 aliphatic rings. The minimum atomic E-state index is 0.637. The smallest absolute Gasteiger partial charge is 0.0155 e. The van der Waals surface area contributed by atoms with Crippen LogP contribution in [0.2, 0.25) is 0 Å². The van der Waals surface area contributed by atoms with E-state index in [2.05, 4.69) is 25.9 Å². The average molecular weight is 184 g/mol. The van der Waals surface area contributed by atoms with E-state index in [0.717, 1.165) is 12.5 Å². The third-order valence-electron chi connectivity index (χ3n) is 3.43. The normalized spacial score (nSPS) is 23.8. The van der Waals surface area contributed by atoms with Gasteiger partial charge in [-0.2, -0.15) is 0 Å². The maximum Gasteiger partial charge on any atom is 0.0155 e. The second kappa shape index (κ2) is 4.97. The van der Waals surface area contributed by atoms with Crippen LogP contribution in [0.1, 0.15) is 32.6 Å². The molecule has 2 atom stereocenters. The summed E-state index contributed by atoms with van der Waals surface area (Å²) in [6.45, 7) is 3.10. The van der Waals surface area contributed by atoms with Crippen molar-refractivity contribution in [3.05, 3.63) is 0 Å². The number of hydrogen-bond acceptors (Lipinski definition) is 2. The van der Waals surface area contributed by atoms with E-state index in [1.54, 1.807) is 0 Å². The standard InChI is InChI=1S/C11H24N2/c1-9(8-12)11(13(2)3)10-6-4-5-7-10/h9-11H,4-8,12H2,1-3H3. The van der Waals surface area contributed by atoms with Gasteiger partial charge in [0.05, 0.1) is 0 Å². The molecular weight excluding hydrogens is 160 g/mol. The summed E-state index contributed by atoms with van der Waals surface area (Å²) in [7, 11) is 4.38. The lowest BCUT2D eigenvalue weighted by Gasteiger charge is -2.34. The summed E-state index contributed by atoms with van der Waals surface area (Å²) in [5, 5.41) is 0. The summed E-state index contributed by atoms with van der Waals surface area (Å²) in [6.07, 6.45) is 5.67. The number of nitrogens with two attached hydrogens (primary N) is 1. The van der Waals surface area contributed by atoms with Crippen LogP contribution in [0.4, 0.5) is 0 Å². The first-order valence-electron chi connectivity index (χ1n) is 5.53. The first-order chi connectivity index (χ1) is 6.16. The molecule has 0 aromatic carbocycles. The second-order valence-electron chi connectivity index (χ2n) is 4.71. The molecule has 2 heteroatoms. The molecule has 78 valence electrons. The Kier molecular flexibility index (Phi) is 4.20. The molecule has 1 rings (SSSR count). The molecule has 0 heterocycles. The molecule has 0 radical (unpaired) electrons. The highest BCUT2D eigenvalue weighted by atomic mass is 15.1. The van der Waals surface area contributed by atoms with Gasteiger partial charge < -0.3 is 10.6 Å². The Morgan fingerprint density at radius 2 is 1.85 bits per heavy atom. The zero-order chi connectivity index (χ0) is 9.84. The van der Waals surface area contributed by atoms with Gasteiger partial charge in [-0.3, -0.25) is 0 Å². The molecule has 1 aliphatic carbocycles. The maximum atomic E-state index is 5.75. The number of rotatable bonds is 4. The van der Waals surface area contributed by atoms with Gasteiger partial charge in [0, 0.05) is 6.04 Å². The van der Waals surface area contributed by atoms with E-state index in [4.69, 9.17) is 5.73 Å². The fourth-order valence-electron chi connectivity index (χ4n) is 2.83. The Morgan fingerprint density at radius 1 is 1.31 bits per heavy atom. The molecule has 2 unspecified atom stereocenters. The molecule has 2 nitrogen and oxygen atoms in total. The molecule has 0 saturated heterocycles. The lowest BCUT2D eigenvalue weighted by Crippen LogP contribution is -2.42. The third kappa shape index (κ3) is 2.68. The monoisotopic (exact) mass is 184 g/mol. The van der Waals surface area contributed by atoms with Crippen LogP contribution >= 0.6 is 0 Å². The Morgan fingerprint density at radius 3 is 2.23 bits per heavy atom. The molecule has 1 fully saturated rings. The highest BCUT2D eigenvalue weighted by Gasteiger charge is 2.29. The minimum absolute atomic E-state index is 0.637. The molecule has 0 spiro atoms. The van der Waals surface area contributed by atoms with Crippen LogP contribution < -0.4 is 5.73 Å². The van der Waals surface area contributed by atoms with Gasteiger partial charge in [0.2, 0.25) is 0 Å². The first kappa shape index (κ1) is 11.0. The van der Waals surface area contributed by atoms with Crippen molar-refractivity contribution in [2.24, 2.45) is 17.6 Å². The number of nitrogens with zero attached hydrogens (tertiary/aromatic N) is 1. The molecule has 0 aromatic rings. The summed E-state index contributed by atoms with van der Waals surface area (Å²) in [5.74, 6) is 1.53. The molecule has 0 aromatic heterocycles. The minimum Gasteiger partial charge on any atom is -0.330 e. The van der Waals surface area contributed by atoms with Crippen molar-refractivity contribution < 1.29 is 0 Å². The molecule has 2 N–H and O–H groups in total. The second-order valence-corrected chi connectivity index (χ2v) is 4.71. The lowest BCUT2D eigenvalue weighted by molar-refractivity contribution is 0.154. The molecule has 0 bridgehead atoms. The van der Waals surface area contributed by atoms with Crippen LogP contribution in [0, 0.1) is 11.8 Å². The lowest BCUT2D eigenvalue weighted by atomic mass is 9.87.